The number of hydrogen-bond acceptors (Lipinski definition) is 2. The number of carbonyl (C=O) groups excluding carboxylic acids is 1. The molecule has 0 rings (SSSR count). The van der Waals surface area contributed by atoms with E-state index in [9.17, 15) is 4.79 Å². The van der Waals surface area contributed by atoms with Gasteiger partial charge in [0.25, 0.3) is 0 Å². The van der Waals surface area contributed by atoms with Crippen LogP contribution in [0.1, 0.15) is 27.2 Å². The van der Waals surface area contributed by atoms with Gasteiger partial charge in [-0.15, -0.1) is 0 Å². The van der Waals surface area contributed by atoms with Crippen LogP contribution in [-0.4, -0.2) is 18.5 Å². The summed E-state index contributed by atoms with van der Waals surface area (Å²) in [5.41, 5.74) is 6.12. The van der Waals surface area contributed by atoms with Gasteiger partial charge in [0, 0.05) is 18.2 Å². The van der Waals surface area contributed by atoms with Crippen molar-refractivity contribution >= 4 is 5.91 Å². The SMILES string of the molecule is CC/C=C(/C)C(=O)N[C@H](C)CN. The van der Waals surface area contributed by atoms with Gasteiger partial charge in [0.15, 0.2) is 0 Å². The molecule has 1 amide bonds. The first-order chi connectivity index (χ1) is 5.61. The highest BCUT2D eigenvalue weighted by Gasteiger charge is 2.05. The lowest BCUT2D eigenvalue weighted by Crippen LogP contribution is -2.38. The summed E-state index contributed by atoms with van der Waals surface area (Å²) < 4.78 is 0. The largest absolute Gasteiger partial charge is 0.349 e. The Balaban J connectivity index is 3.95. The summed E-state index contributed by atoms with van der Waals surface area (Å²) in [5.74, 6) is -0.0187. The molecule has 0 saturated carbocycles. The standard InChI is InChI=1S/C9H18N2O/c1-4-5-7(2)9(12)11-8(3)6-10/h5,8H,4,6,10H2,1-3H3,(H,11,12)/b7-5-/t8-/m1/s1. The van der Waals surface area contributed by atoms with Crippen LogP contribution in [0.2, 0.25) is 0 Å². The zero-order chi connectivity index (χ0) is 9.56. The zero-order valence-corrected chi connectivity index (χ0v) is 8.05. The van der Waals surface area contributed by atoms with Crippen LogP contribution in [0.5, 0.6) is 0 Å². The molecule has 0 aromatic carbocycles. The minimum absolute atomic E-state index is 0.0187. The molecule has 3 N–H and O–H groups in total. The molecule has 12 heavy (non-hydrogen) atoms. The number of nitrogens with two attached hydrogens (primary N) is 1. The van der Waals surface area contributed by atoms with Crippen LogP contribution in [0, 0.1) is 0 Å². The molecule has 0 aliphatic carbocycles. The van der Waals surface area contributed by atoms with Gasteiger partial charge >= 0.3 is 0 Å². The Labute approximate surface area is 74.0 Å². The molecular formula is C9H18N2O. The Kier molecular flexibility index (Phi) is 5.37. The second-order valence-electron chi connectivity index (χ2n) is 2.91. The van der Waals surface area contributed by atoms with Crippen molar-refractivity contribution in [1.82, 2.24) is 5.32 Å². The number of hydrogen-bond donors (Lipinski definition) is 2. The number of amides is 1. The van der Waals surface area contributed by atoms with E-state index in [-0.39, 0.29) is 11.9 Å². The van der Waals surface area contributed by atoms with Crippen LogP contribution in [0.4, 0.5) is 0 Å². The normalized spacial score (nSPS) is 14.2. The third-order valence-corrected chi connectivity index (χ3v) is 1.60. The summed E-state index contributed by atoms with van der Waals surface area (Å²) in [5, 5.41) is 2.78. The van der Waals surface area contributed by atoms with Gasteiger partial charge in [-0.25, -0.2) is 0 Å². The first-order valence-electron chi connectivity index (χ1n) is 4.29. The van der Waals surface area contributed by atoms with Crippen molar-refractivity contribution in [2.45, 2.75) is 33.2 Å². The van der Waals surface area contributed by atoms with Gasteiger partial charge in [0.2, 0.25) is 5.91 Å². The molecule has 0 unspecified atom stereocenters. The van der Waals surface area contributed by atoms with Crippen LogP contribution >= 0.6 is 0 Å². The maximum atomic E-state index is 11.3. The minimum Gasteiger partial charge on any atom is -0.349 e. The summed E-state index contributed by atoms with van der Waals surface area (Å²) in [6.07, 6.45) is 2.79. The molecule has 0 fully saturated rings. The average molecular weight is 170 g/mol. The van der Waals surface area contributed by atoms with E-state index in [1.165, 1.54) is 0 Å². The van der Waals surface area contributed by atoms with Gasteiger partial charge < -0.3 is 11.1 Å². The van der Waals surface area contributed by atoms with E-state index in [0.717, 1.165) is 12.0 Å². The zero-order valence-electron chi connectivity index (χ0n) is 8.05. The lowest BCUT2D eigenvalue weighted by atomic mass is 10.2. The molecule has 0 aromatic heterocycles. The fourth-order valence-electron chi connectivity index (χ4n) is 0.795. The number of nitrogens with one attached hydrogen (secondary N) is 1. The highest BCUT2D eigenvalue weighted by Crippen LogP contribution is 1.95. The van der Waals surface area contributed by atoms with E-state index in [2.05, 4.69) is 5.32 Å². The van der Waals surface area contributed by atoms with E-state index in [1.54, 1.807) is 0 Å². The Morgan fingerprint density at radius 3 is 2.67 bits per heavy atom. The van der Waals surface area contributed by atoms with Gasteiger partial charge in [-0.05, 0) is 20.3 Å². The van der Waals surface area contributed by atoms with Crippen LogP contribution in [0.25, 0.3) is 0 Å². The molecule has 0 aliphatic rings. The third kappa shape index (κ3) is 4.13. The maximum Gasteiger partial charge on any atom is 0.246 e. The third-order valence-electron chi connectivity index (χ3n) is 1.60. The monoisotopic (exact) mass is 170 g/mol. The number of allylic oxidation sites excluding steroid dienone is 1. The van der Waals surface area contributed by atoms with Crippen molar-refractivity contribution in [2.75, 3.05) is 6.54 Å². The summed E-state index contributed by atoms with van der Waals surface area (Å²) in [7, 11) is 0. The smallest absolute Gasteiger partial charge is 0.246 e. The maximum absolute atomic E-state index is 11.3. The van der Waals surface area contributed by atoms with Crippen molar-refractivity contribution in [3.05, 3.63) is 11.6 Å². The van der Waals surface area contributed by atoms with E-state index in [4.69, 9.17) is 5.73 Å². The first kappa shape index (κ1) is 11.2. The van der Waals surface area contributed by atoms with Crippen LogP contribution in [-0.2, 0) is 4.79 Å². The highest BCUT2D eigenvalue weighted by atomic mass is 16.1. The Bertz CT molecular complexity index is 175. The van der Waals surface area contributed by atoms with Crippen molar-refractivity contribution in [3.63, 3.8) is 0 Å². The topological polar surface area (TPSA) is 55.1 Å². The molecule has 3 heteroatoms. The number of rotatable bonds is 4. The summed E-state index contributed by atoms with van der Waals surface area (Å²) in [4.78, 5) is 11.3. The second-order valence-corrected chi connectivity index (χ2v) is 2.91. The first-order valence-corrected chi connectivity index (χ1v) is 4.29. The predicted octanol–water partition coefficient (Wildman–Crippen LogP) is 0.806. The van der Waals surface area contributed by atoms with Crippen LogP contribution < -0.4 is 11.1 Å². The van der Waals surface area contributed by atoms with Gasteiger partial charge in [0.1, 0.15) is 0 Å². The average Bonchev–Trinajstić information content (AvgIpc) is 2.04. The molecule has 0 spiro atoms. The molecule has 0 heterocycles. The van der Waals surface area contributed by atoms with Crippen molar-refractivity contribution in [2.24, 2.45) is 5.73 Å². The van der Waals surface area contributed by atoms with Crippen molar-refractivity contribution in [1.29, 1.82) is 0 Å². The van der Waals surface area contributed by atoms with Gasteiger partial charge in [-0.1, -0.05) is 13.0 Å². The molecule has 0 bridgehead atoms. The number of carbonyl (C=O) groups is 1. The molecule has 0 radical (unpaired) electrons. The van der Waals surface area contributed by atoms with Gasteiger partial charge in [-0.2, -0.15) is 0 Å². The Morgan fingerprint density at radius 1 is 1.67 bits per heavy atom. The predicted molar refractivity (Wildman–Crippen MR) is 50.7 cm³/mol. The van der Waals surface area contributed by atoms with E-state index in [0.29, 0.717) is 6.54 Å². The van der Waals surface area contributed by atoms with Crippen molar-refractivity contribution in [3.8, 4) is 0 Å². The van der Waals surface area contributed by atoms with Gasteiger partial charge in [-0.3, -0.25) is 4.79 Å². The lowest BCUT2D eigenvalue weighted by Gasteiger charge is -2.10. The Morgan fingerprint density at radius 2 is 2.25 bits per heavy atom. The van der Waals surface area contributed by atoms with Crippen molar-refractivity contribution < 1.29 is 4.79 Å². The molecule has 70 valence electrons. The quantitative estimate of drug-likeness (QED) is 0.613. The minimum atomic E-state index is -0.0187. The van der Waals surface area contributed by atoms with E-state index >= 15 is 0 Å². The summed E-state index contributed by atoms with van der Waals surface area (Å²) >= 11 is 0. The molecular weight excluding hydrogens is 152 g/mol. The molecule has 0 saturated heterocycles. The fourth-order valence-corrected chi connectivity index (χ4v) is 0.795. The van der Waals surface area contributed by atoms with Crippen LogP contribution in [0.15, 0.2) is 11.6 Å². The fraction of sp³-hybridized carbons (Fsp3) is 0.667. The Hall–Kier alpha value is -0.830. The highest BCUT2D eigenvalue weighted by molar-refractivity contribution is 5.92. The molecule has 0 aliphatic heterocycles. The van der Waals surface area contributed by atoms with E-state index < -0.39 is 0 Å². The molecule has 1 atom stereocenters. The second kappa shape index (κ2) is 5.77. The summed E-state index contributed by atoms with van der Waals surface area (Å²) in [6.45, 7) is 6.17. The van der Waals surface area contributed by atoms with E-state index in [1.807, 2.05) is 26.8 Å². The molecule has 0 aromatic rings. The summed E-state index contributed by atoms with van der Waals surface area (Å²) in [6, 6.07) is 0.0534. The van der Waals surface area contributed by atoms with Gasteiger partial charge in [0.05, 0.1) is 0 Å². The lowest BCUT2D eigenvalue weighted by molar-refractivity contribution is -0.118. The van der Waals surface area contributed by atoms with Crippen LogP contribution in [0.3, 0.4) is 0 Å². The molecule has 3 nitrogen and oxygen atoms in total.